The van der Waals surface area contributed by atoms with Gasteiger partial charge in [-0.15, -0.1) is 0 Å². The van der Waals surface area contributed by atoms with Gasteiger partial charge in [0, 0.05) is 45.0 Å². The van der Waals surface area contributed by atoms with Crippen molar-refractivity contribution in [3.05, 3.63) is 41.5 Å². The van der Waals surface area contributed by atoms with Crippen LogP contribution in [0.25, 0.3) is 0 Å². The molecule has 1 aliphatic heterocycles. The van der Waals surface area contributed by atoms with Gasteiger partial charge in [0.2, 0.25) is 0 Å². The fraction of sp³-hybridized carbons (Fsp3) is 0.500. The number of anilines is 2. The summed E-state index contributed by atoms with van der Waals surface area (Å²) in [7, 11) is 1.65. The molecule has 0 radical (unpaired) electrons. The number of methoxy groups -OCH3 is 1. The molecule has 2 aromatic rings. The molecule has 1 atom stereocenters. The van der Waals surface area contributed by atoms with Gasteiger partial charge in [0.1, 0.15) is 18.2 Å². The highest BCUT2D eigenvalue weighted by atomic mass is 16.5. The summed E-state index contributed by atoms with van der Waals surface area (Å²) in [4.78, 5) is 13.5. The Hall–Kier alpha value is -2.25. The van der Waals surface area contributed by atoms with Crippen LogP contribution in [0.5, 0.6) is 0 Å². The highest BCUT2D eigenvalue weighted by Crippen LogP contribution is 2.25. The topological polar surface area (TPSA) is 81.2 Å². The maximum absolute atomic E-state index is 5.48. The number of nitrogens with one attached hydrogen (secondary N) is 2. The zero-order chi connectivity index (χ0) is 17.5. The number of nitrogens with zero attached hydrogens (tertiary/aromatic N) is 3. The molecule has 0 saturated carbocycles. The first-order chi connectivity index (χ1) is 12.3. The molecule has 0 aromatic carbocycles. The van der Waals surface area contributed by atoms with E-state index in [9.17, 15) is 0 Å². The molecule has 3 rings (SSSR count). The minimum absolute atomic E-state index is 0.341. The molecular weight excluding hydrogens is 318 g/mol. The number of hydrogen-bond acceptors (Lipinski definition) is 7. The molecule has 1 unspecified atom stereocenters. The summed E-state index contributed by atoms with van der Waals surface area (Å²) >= 11 is 0. The summed E-state index contributed by atoms with van der Waals surface area (Å²) in [5.74, 6) is 2.77. The molecule has 1 aliphatic rings. The predicted octanol–water partition coefficient (Wildman–Crippen LogP) is 2.35. The number of hydrogen-bond donors (Lipinski definition) is 2. The Morgan fingerprint density at radius 2 is 2.16 bits per heavy atom. The first-order valence-electron chi connectivity index (χ1n) is 8.60. The van der Waals surface area contributed by atoms with Crippen molar-refractivity contribution < 1.29 is 9.47 Å². The van der Waals surface area contributed by atoms with Crippen LogP contribution >= 0.6 is 0 Å². The molecule has 3 heterocycles. The maximum atomic E-state index is 5.48. The zero-order valence-electron chi connectivity index (χ0n) is 14.8. The molecule has 134 valence electrons. The normalized spacial score (nSPS) is 16.8. The fourth-order valence-electron chi connectivity index (χ4n) is 2.82. The van der Waals surface area contributed by atoms with Gasteiger partial charge in [-0.1, -0.05) is 6.07 Å². The third kappa shape index (κ3) is 4.87. The standard InChI is InChI=1S/C18H25N5O2/c1-13-4-3-6-20-18(13)21-8-7-19-16-10-15(14-5-9-25-11-14)22-17(23-16)12-24-2/h3-4,6,10,14H,5,7-9,11-12H2,1-2H3,(H,20,21)(H,19,22,23). The van der Waals surface area contributed by atoms with E-state index in [0.29, 0.717) is 18.3 Å². The molecule has 7 nitrogen and oxygen atoms in total. The van der Waals surface area contributed by atoms with Crippen molar-refractivity contribution >= 4 is 11.6 Å². The van der Waals surface area contributed by atoms with Crippen LogP contribution in [-0.2, 0) is 16.1 Å². The van der Waals surface area contributed by atoms with Gasteiger partial charge in [0.05, 0.1) is 12.3 Å². The van der Waals surface area contributed by atoms with E-state index >= 15 is 0 Å². The van der Waals surface area contributed by atoms with E-state index in [2.05, 4.69) is 25.6 Å². The smallest absolute Gasteiger partial charge is 0.156 e. The van der Waals surface area contributed by atoms with Crippen molar-refractivity contribution in [2.75, 3.05) is 44.0 Å². The lowest BCUT2D eigenvalue weighted by Crippen LogP contribution is -2.17. The summed E-state index contributed by atoms with van der Waals surface area (Å²) in [5, 5.41) is 6.69. The summed E-state index contributed by atoms with van der Waals surface area (Å²) in [5.41, 5.74) is 2.16. The Bertz CT molecular complexity index is 689. The number of aromatic nitrogens is 3. The third-order valence-electron chi connectivity index (χ3n) is 4.15. The predicted molar refractivity (Wildman–Crippen MR) is 96.9 cm³/mol. The van der Waals surface area contributed by atoms with Crippen molar-refractivity contribution in [1.29, 1.82) is 0 Å². The van der Waals surface area contributed by atoms with E-state index in [-0.39, 0.29) is 0 Å². The van der Waals surface area contributed by atoms with Gasteiger partial charge in [-0.05, 0) is 25.0 Å². The molecule has 0 bridgehead atoms. The van der Waals surface area contributed by atoms with Crippen LogP contribution in [0.15, 0.2) is 24.4 Å². The van der Waals surface area contributed by atoms with Crippen molar-refractivity contribution in [1.82, 2.24) is 15.0 Å². The van der Waals surface area contributed by atoms with E-state index < -0.39 is 0 Å². The van der Waals surface area contributed by atoms with Crippen LogP contribution in [0.3, 0.4) is 0 Å². The highest BCUT2D eigenvalue weighted by Gasteiger charge is 2.20. The molecule has 25 heavy (non-hydrogen) atoms. The Labute approximate surface area is 148 Å². The van der Waals surface area contributed by atoms with Gasteiger partial charge in [-0.25, -0.2) is 15.0 Å². The molecule has 0 aliphatic carbocycles. The summed E-state index contributed by atoms with van der Waals surface area (Å²) in [6.45, 7) is 5.46. The van der Waals surface area contributed by atoms with E-state index in [1.807, 2.05) is 25.1 Å². The van der Waals surface area contributed by atoms with Crippen molar-refractivity contribution in [3.63, 3.8) is 0 Å². The Kier molecular flexibility index (Phi) is 6.14. The van der Waals surface area contributed by atoms with Gasteiger partial charge >= 0.3 is 0 Å². The monoisotopic (exact) mass is 343 g/mol. The molecule has 2 aromatic heterocycles. The van der Waals surface area contributed by atoms with Crippen LogP contribution in [0.4, 0.5) is 11.6 Å². The third-order valence-corrected chi connectivity index (χ3v) is 4.15. The Balaban J connectivity index is 1.59. The van der Waals surface area contributed by atoms with Crippen LogP contribution in [0.1, 0.15) is 29.4 Å². The van der Waals surface area contributed by atoms with Crippen LogP contribution < -0.4 is 10.6 Å². The SMILES string of the molecule is COCc1nc(NCCNc2ncccc2C)cc(C2CCOC2)n1. The summed E-state index contributed by atoms with van der Waals surface area (Å²) < 4.78 is 10.7. The average Bonchev–Trinajstić information content (AvgIpc) is 3.15. The van der Waals surface area contributed by atoms with Crippen molar-refractivity contribution in [3.8, 4) is 0 Å². The molecular formula is C18H25N5O2. The molecule has 1 saturated heterocycles. The number of pyridine rings is 1. The number of rotatable bonds is 8. The summed E-state index contributed by atoms with van der Waals surface area (Å²) in [6, 6.07) is 6.00. The lowest BCUT2D eigenvalue weighted by Gasteiger charge is -2.13. The van der Waals surface area contributed by atoms with Gasteiger partial charge in [0.15, 0.2) is 5.82 Å². The maximum Gasteiger partial charge on any atom is 0.156 e. The lowest BCUT2D eigenvalue weighted by atomic mass is 10.0. The van der Waals surface area contributed by atoms with Gasteiger partial charge < -0.3 is 20.1 Å². The van der Waals surface area contributed by atoms with Crippen molar-refractivity contribution in [2.45, 2.75) is 25.9 Å². The number of ether oxygens (including phenoxy) is 2. The first-order valence-corrected chi connectivity index (χ1v) is 8.60. The quantitative estimate of drug-likeness (QED) is 0.712. The molecule has 0 spiro atoms. The van der Waals surface area contributed by atoms with Gasteiger partial charge in [-0.2, -0.15) is 0 Å². The van der Waals surface area contributed by atoms with E-state index in [1.54, 1.807) is 13.3 Å². The second-order valence-electron chi connectivity index (χ2n) is 6.11. The zero-order valence-corrected chi connectivity index (χ0v) is 14.8. The van der Waals surface area contributed by atoms with E-state index in [0.717, 1.165) is 55.6 Å². The first kappa shape index (κ1) is 17.6. The van der Waals surface area contributed by atoms with Crippen molar-refractivity contribution in [2.24, 2.45) is 0 Å². The minimum atomic E-state index is 0.341. The van der Waals surface area contributed by atoms with Crippen LogP contribution in [-0.4, -0.2) is 48.4 Å². The Morgan fingerprint density at radius 3 is 2.92 bits per heavy atom. The highest BCUT2D eigenvalue weighted by molar-refractivity contribution is 5.43. The second-order valence-corrected chi connectivity index (χ2v) is 6.11. The Morgan fingerprint density at radius 1 is 1.28 bits per heavy atom. The largest absolute Gasteiger partial charge is 0.381 e. The minimum Gasteiger partial charge on any atom is -0.381 e. The molecule has 2 N–H and O–H groups in total. The van der Waals surface area contributed by atoms with E-state index in [1.165, 1.54) is 0 Å². The number of aryl methyl sites for hydroxylation is 1. The van der Waals surface area contributed by atoms with E-state index in [4.69, 9.17) is 9.47 Å². The summed E-state index contributed by atoms with van der Waals surface area (Å²) in [6.07, 6.45) is 2.80. The van der Waals surface area contributed by atoms with Crippen LogP contribution in [0, 0.1) is 6.92 Å². The van der Waals surface area contributed by atoms with Gasteiger partial charge in [0.25, 0.3) is 0 Å². The average molecular weight is 343 g/mol. The fourth-order valence-corrected chi connectivity index (χ4v) is 2.82. The second kappa shape index (κ2) is 8.73. The lowest BCUT2D eigenvalue weighted by molar-refractivity contribution is 0.177. The van der Waals surface area contributed by atoms with Crippen LogP contribution in [0.2, 0.25) is 0 Å². The molecule has 7 heteroatoms. The molecule has 0 amide bonds. The van der Waals surface area contributed by atoms with Gasteiger partial charge in [-0.3, -0.25) is 0 Å². The molecule has 1 fully saturated rings.